The minimum atomic E-state index is -4.62. The van der Waals surface area contributed by atoms with Crippen molar-refractivity contribution in [1.29, 1.82) is 0 Å². The molecular formula is C29H32F3N5O6. The van der Waals surface area contributed by atoms with E-state index in [1.807, 2.05) is 0 Å². The Bertz CT molecular complexity index is 1620. The molecule has 2 heterocycles. The van der Waals surface area contributed by atoms with Gasteiger partial charge in [-0.05, 0) is 63.6 Å². The van der Waals surface area contributed by atoms with Gasteiger partial charge in [-0.25, -0.2) is 4.79 Å². The van der Waals surface area contributed by atoms with Gasteiger partial charge in [0.2, 0.25) is 11.5 Å². The minimum absolute atomic E-state index is 0.0680. The Kier molecular flexibility index (Phi) is 8.97. The number of piperazine rings is 1. The summed E-state index contributed by atoms with van der Waals surface area (Å²) in [6.45, 7) is 7.17. The molecule has 0 spiro atoms. The summed E-state index contributed by atoms with van der Waals surface area (Å²) in [6.07, 6.45) is -4.84. The van der Waals surface area contributed by atoms with Gasteiger partial charge in [-0.3, -0.25) is 19.3 Å². The van der Waals surface area contributed by atoms with Gasteiger partial charge in [0.25, 0.3) is 5.91 Å². The van der Waals surface area contributed by atoms with E-state index in [0.717, 1.165) is 18.2 Å². The number of halogens is 3. The number of amides is 3. The average molecular weight is 604 g/mol. The Morgan fingerprint density at radius 3 is 2.44 bits per heavy atom. The summed E-state index contributed by atoms with van der Waals surface area (Å²) < 4.78 is 51.6. The van der Waals surface area contributed by atoms with Crippen molar-refractivity contribution in [1.82, 2.24) is 14.5 Å². The largest absolute Gasteiger partial charge is 0.466 e. The third-order valence-electron chi connectivity index (χ3n) is 6.43. The van der Waals surface area contributed by atoms with Crippen LogP contribution in [0.5, 0.6) is 0 Å². The fraction of sp³-hybridized carbons (Fsp3) is 0.414. The van der Waals surface area contributed by atoms with E-state index >= 15 is 0 Å². The average Bonchev–Trinajstić information content (AvgIpc) is 3.25. The highest BCUT2D eigenvalue weighted by Gasteiger charge is 2.32. The molecule has 1 saturated heterocycles. The number of benzene rings is 2. The second kappa shape index (κ2) is 12.3. The molecule has 1 N–H and O–H groups in total. The van der Waals surface area contributed by atoms with E-state index in [4.69, 9.17) is 9.47 Å². The highest BCUT2D eigenvalue weighted by molar-refractivity contribution is 5.99. The first-order valence-corrected chi connectivity index (χ1v) is 13.5. The number of aromatic nitrogens is 2. The fourth-order valence-electron chi connectivity index (χ4n) is 4.50. The van der Waals surface area contributed by atoms with E-state index in [0.29, 0.717) is 23.1 Å². The lowest BCUT2D eigenvalue weighted by molar-refractivity contribution is -0.141. The van der Waals surface area contributed by atoms with Crippen LogP contribution in [0.3, 0.4) is 0 Å². The number of carbonyl (C=O) groups excluding carboxylic acids is 4. The van der Waals surface area contributed by atoms with Gasteiger partial charge in [-0.15, -0.1) is 0 Å². The molecule has 1 aromatic heterocycles. The van der Waals surface area contributed by atoms with Crippen LogP contribution in [-0.2, 0) is 31.8 Å². The second-order valence-corrected chi connectivity index (χ2v) is 10.9. The number of anilines is 1. The first-order chi connectivity index (χ1) is 20.1. The summed E-state index contributed by atoms with van der Waals surface area (Å²) in [4.78, 5) is 59.5. The van der Waals surface area contributed by atoms with Crippen LogP contribution in [0.4, 0.5) is 23.7 Å². The van der Waals surface area contributed by atoms with E-state index in [9.17, 15) is 32.3 Å². The molecule has 1 aliphatic heterocycles. The quantitative estimate of drug-likeness (QED) is 0.332. The number of carbonyl (C=O) groups is 4. The number of nitrogens with one attached hydrogen (secondary N) is 1. The maximum absolute atomic E-state index is 13.2. The van der Waals surface area contributed by atoms with Crippen molar-refractivity contribution in [2.24, 2.45) is 4.99 Å². The molecule has 0 saturated carbocycles. The number of nitrogens with zero attached hydrogens (tertiary/aromatic N) is 4. The normalized spacial score (nSPS) is 14.8. The predicted molar refractivity (Wildman–Crippen MR) is 149 cm³/mol. The molecule has 0 aliphatic carbocycles. The number of H-pyrrole nitrogens is 1. The molecule has 1 fully saturated rings. The van der Waals surface area contributed by atoms with Gasteiger partial charge in [-0.1, -0.05) is 6.07 Å². The van der Waals surface area contributed by atoms with Gasteiger partial charge in [0.1, 0.15) is 12.1 Å². The zero-order valence-corrected chi connectivity index (χ0v) is 24.2. The summed E-state index contributed by atoms with van der Waals surface area (Å²) in [7, 11) is 0. The first-order valence-electron chi connectivity index (χ1n) is 13.5. The Balaban J connectivity index is 1.64. The third-order valence-corrected chi connectivity index (χ3v) is 6.43. The predicted octanol–water partition coefficient (Wildman–Crippen LogP) is 4.27. The van der Waals surface area contributed by atoms with Crippen molar-refractivity contribution < 1.29 is 41.8 Å². The van der Waals surface area contributed by atoms with E-state index in [1.54, 1.807) is 43.5 Å². The van der Waals surface area contributed by atoms with Crippen molar-refractivity contribution in [2.45, 2.75) is 52.4 Å². The lowest BCUT2D eigenvalue weighted by Gasteiger charge is -2.35. The van der Waals surface area contributed by atoms with E-state index < -0.39 is 35.3 Å². The van der Waals surface area contributed by atoms with Crippen molar-refractivity contribution in [3.8, 4) is 0 Å². The molecule has 2 aromatic carbocycles. The van der Waals surface area contributed by atoms with Crippen LogP contribution in [0.15, 0.2) is 47.5 Å². The van der Waals surface area contributed by atoms with Gasteiger partial charge in [0.15, 0.2) is 0 Å². The molecule has 0 radical (unpaired) electrons. The summed E-state index contributed by atoms with van der Waals surface area (Å²) in [5.41, 5.74) is -0.210. The zero-order valence-electron chi connectivity index (χ0n) is 24.2. The van der Waals surface area contributed by atoms with Gasteiger partial charge >= 0.3 is 18.2 Å². The summed E-state index contributed by atoms with van der Waals surface area (Å²) in [5.74, 6) is -1.66. The number of aromatic amines is 1. The van der Waals surface area contributed by atoms with Crippen molar-refractivity contribution >= 4 is 40.6 Å². The number of alkyl halides is 3. The number of hydrogen-bond acceptors (Lipinski definition) is 6. The van der Waals surface area contributed by atoms with Gasteiger partial charge in [-0.2, -0.15) is 18.2 Å². The Hall–Kier alpha value is -4.62. The van der Waals surface area contributed by atoms with Crippen LogP contribution in [0, 0.1) is 0 Å². The molecule has 0 atom stereocenters. The third kappa shape index (κ3) is 7.81. The van der Waals surface area contributed by atoms with Gasteiger partial charge in [0.05, 0.1) is 23.2 Å². The SMILES string of the molecule is CC(=O)OCCCn1/c(=N\C(=O)c2cccc(C(F)(F)F)c2)[nH]c2cc(N3CCN(C(=O)OC(C)(C)C)CC3=O)ccc21. The van der Waals surface area contributed by atoms with Crippen LogP contribution in [0.2, 0.25) is 0 Å². The molecule has 230 valence electrons. The van der Waals surface area contributed by atoms with Gasteiger partial charge < -0.3 is 23.9 Å². The molecule has 43 heavy (non-hydrogen) atoms. The number of aryl methyl sites for hydroxylation is 1. The first kappa shape index (κ1) is 31.3. The van der Waals surface area contributed by atoms with Crippen molar-refractivity contribution in [3.63, 3.8) is 0 Å². The summed E-state index contributed by atoms with van der Waals surface area (Å²) in [6, 6.07) is 9.09. The van der Waals surface area contributed by atoms with Crippen molar-refractivity contribution in [2.75, 3.05) is 31.1 Å². The maximum atomic E-state index is 13.2. The molecular weight excluding hydrogens is 571 g/mol. The molecule has 1 aliphatic rings. The summed E-state index contributed by atoms with van der Waals surface area (Å²) >= 11 is 0. The molecule has 3 amide bonds. The number of imidazole rings is 1. The molecule has 11 nitrogen and oxygen atoms in total. The summed E-state index contributed by atoms with van der Waals surface area (Å²) in [5, 5.41) is 0. The Morgan fingerprint density at radius 1 is 1.05 bits per heavy atom. The minimum Gasteiger partial charge on any atom is -0.466 e. The van der Waals surface area contributed by atoms with Crippen LogP contribution in [0.25, 0.3) is 11.0 Å². The number of fused-ring (bicyclic) bond motifs is 1. The Morgan fingerprint density at radius 2 is 1.79 bits per heavy atom. The number of rotatable bonds is 6. The lowest BCUT2D eigenvalue weighted by Crippen LogP contribution is -2.53. The number of ether oxygens (including phenoxy) is 2. The zero-order chi connectivity index (χ0) is 31.5. The van der Waals surface area contributed by atoms with Crippen molar-refractivity contribution in [3.05, 3.63) is 59.2 Å². The Labute approximate surface area is 244 Å². The maximum Gasteiger partial charge on any atom is 0.416 e. The second-order valence-electron chi connectivity index (χ2n) is 10.9. The number of esters is 1. The molecule has 4 rings (SSSR count). The lowest BCUT2D eigenvalue weighted by atomic mass is 10.1. The highest BCUT2D eigenvalue weighted by atomic mass is 19.4. The molecule has 14 heteroatoms. The van der Waals surface area contributed by atoms with E-state index in [1.165, 1.54) is 22.8 Å². The van der Waals surface area contributed by atoms with Crippen LogP contribution in [0.1, 0.15) is 50.0 Å². The monoisotopic (exact) mass is 603 g/mol. The van der Waals surface area contributed by atoms with Gasteiger partial charge in [0, 0.05) is 37.8 Å². The molecule has 0 bridgehead atoms. The number of hydrogen-bond donors (Lipinski definition) is 1. The standard InChI is InChI=1S/C29H32F3N5O6/c1-18(38)42-14-6-11-37-23-10-9-21(36-13-12-35(17-24(36)39)27(41)43-28(2,3)4)16-22(23)33-26(37)34-25(40)19-7-5-8-20(15-19)29(30,31)32/h5,7-10,15-16H,6,11-14,17H2,1-4H3,(H,33,34,40). The molecule has 3 aromatic rings. The van der Waals surface area contributed by atoms with Crippen LogP contribution < -0.4 is 10.5 Å². The topological polar surface area (TPSA) is 126 Å². The van der Waals surface area contributed by atoms with E-state index in [-0.39, 0.29) is 49.9 Å². The molecule has 0 unspecified atom stereocenters. The smallest absolute Gasteiger partial charge is 0.416 e. The van der Waals surface area contributed by atoms with E-state index in [2.05, 4.69) is 9.98 Å². The van der Waals surface area contributed by atoms with Crippen LogP contribution >= 0.6 is 0 Å². The fourth-order valence-corrected chi connectivity index (χ4v) is 4.50. The highest BCUT2D eigenvalue weighted by Crippen LogP contribution is 2.29. The van der Waals surface area contributed by atoms with Crippen LogP contribution in [-0.4, -0.2) is 70.2 Å².